The van der Waals surface area contributed by atoms with Crippen molar-refractivity contribution in [1.82, 2.24) is 0 Å². The van der Waals surface area contributed by atoms with Crippen LogP contribution in [0.5, 0.6) is 0 Å². The first-order valence-corrected chi connectivity index (χ1v) is 24.5. The van der Waals surface area contributed by atoms with Crippen molar-refractivity contribution in [3.05, 3.63) is 270 Å². The molecule has 1 aromatic heterocycles. The minimum absolute atomic E-state index is 0.142. The third-order valence-electron chi connectivity index (χ3n) is 16.1. The fourth-order valence-corrected chi connectivity index (χ4v) is 13.0. The third kappa shape index (κ3) is 5.28. The predicted molar refractivity (Wildman–Crippen MR) is 291 cm³/mol. The van der Waals surface area contributed by atoms with Gasteiger partial charge < -0.3 is 9.32 Å². The lowest BCUT2D eigenvalue weighted by Gasteiger charge is -2.30. The molecule has 0 saturated heterocycles. The lowest BCUT2D eigenvalue weighted by atomic mass is 9.70. The van der Waals surface area contributed by atoms with Gasteiger partial charge in [0, 0.05) is 44.9 Å². The summed E-state index contributed by atoms with van der Waals surface area (Å²) in [7, 11) is 0. The first kappa shape index (κ1) is 39.3. The fraction of sp³-hybridized carbons (Fsp3) is 0.0588. The maximum atomic E-state index is 7.32. The minimum Gasteiger partial charge on any atom is -0.455 e. The van der Waals surface area contributed by atoms with Crippen molar-refractivity contribution in [1.29, 1.82) is 0 Å². The van der Waals surface area contributed by atoms with Gasteiger partial charge in [0.25, 0.3) is 0 Å². The molecule has 3 aliphatic rings. The van der Waals surface area contributed by atoms with E-state index in [1.54, 1.807) is 0 Å². The van der Waals surface area contributed by atoms with Gasteiger partial charge in [-0.1, -0.05) is 196 Å². The molecule has 0 radical (unpaired) electrons. The quantitative estimate of drug-likeness (QED) is 0.171. The Morgan fingerprint density at radius 1 is 0.329 bits per heavy atom. The van der Waals surface area contributed by atoms with Crippen LogP contribution in [0.25, 0.3) is 88.3 Å². The van der Waals surface area contributed by atoms with E-state index in [-0.39, 0.29) is 5.41 Å². The fourth-order valence-electron chi connectivity index (χ4n) is 13.0. The number of rotatable bonds is 5. The van der Waals surface area contributed by atoms with Gasteiger partial charge in [-0.25, -0.2) is 0 Å². The van der Waals surface area contributed by atoms with Crippen molar-refractivity contribution in [2.75, 3.05) is 4.90 Å². The molecule has 15 rings (SSSR count). The van der Waals surface area contributed by atoms with Crippen LogP contribution in [0, 0.1) is 0 Å². The average Bonchev–Trinajstić information content (AvgIpc) is 4.10. The molecule has 328 valence electrons. The first-order valence-electron chi connectivity index (χ1n) is 24.5. The van der Waals surface area contributed by atoms with E-state index in [4.69, 9.17) is 4.42 Å². The first-order chi connectivity index (χ1) is 34.5. The molecule has 1 heterocycles. The van der Waals surface area contributed by atoms with E-state index >= 15 is 0 Å². The van der Waals surface area contributed by atoms with Crippen molar-refractivity contribution in [2.24, 2.45) is 0 Å². The molecule has 3 aliphatic carbocycles. The zero-order valence-electron chi connectivity index (χ0n) is 38.9. The molecule has 2 nitrogen and oxygen atoms in total. The Labute approximate surface area is 407 Å². The third-order valence-corrected chi connectivity index (χ3v) is 16.1. The number of hydrogen-bond acceptors (Lipinski definition) is 2. The smallest absolute Gasteiger partial charge is 0.143 e. The highest BCUT2D eigenvalue weighted by molar-refractivity contribution is 6.19. The van der Waals surface area contributed by atoms with E-state index in [1.807, 2.05) is 0 Å². The van der Waals surface area contributed by atoms with Gasteiger partial charge in [-0.05, 0) is 143 Å². The summed E-state index contributed by atoms with van der Waals surface area (Å²) in [5, 5.41) is 4.57. The number of benzene rings is 11. The lowest BCUT2D eigenvalue weighted by molar-refractivity contribution is 0.660. The number of furan rings is 1. The monoisotopic (exact) mass is 891 g/mol. The highest BCUT2D eigenvalue weighted by Gasteiger charge is 2.51. The van der Waals surface area contributed by atoms with E-state index in [1.165, 1.54) is 88.7 Å². The van der Waals surface area contributed by atoms with Crippen LogP contribution >= 0.6 is 0 Å². The van der Waals surface area contributed by atoms with Gasteiger partial charge in [0.2, 0.25) is 0 Å². The Morgan fingerprint density at radius 3 is 1.53 bits per heavy atom. The summed E-state index contributed by atoms with van der Waals surface area (Å²) in [6.07, 6.45) is 0. The second-order valence-corrected chi connectivity index (χ2v) is 19.9. The van der Waals surface area contributed by atoms with Crippen molar-refractivity contribution in [3.63, 3.8) is 0 Å². The van der Waals surface area contributed by atoms with Crippen LogP contribution in [-0.2, 0) is 10.8 Å². The normalized spacial score (nSPS) is 14.1. The Bertz CT molecular complexity index is 4090. The molecule has 0 fully saturated rings. The van der Waals surface area contributed by atoms with E-state index in [2.05, 4.69) is 255 Å². The highest BCUT2D eigenvalue weighted by atomic mass is 16.3. The Kier molecular flexibility index (Phi) is 8.08. The van der Waals surface area contributed by atoms with Crippen LogP contribution in [0.1, 0.15) is 47.2 Å². The minimum atomic E-state index is -0.445. The molecule has 0 atom stereocenters. The molecular weight excluding hydrogens is 847 g/mol. The summed E-state index contributed by atoms with van der Waals surface area (Å²) >= 11 is 0. The predicted octanol–water partition coefficient (Wildman–Crippen LogP) is 18.2. The zero-order chi connectivity index (χ0) is 46.3. The SMILES string of the molecule is CC1(C)c2ccccc2-c2ccc(N(c3ccc(-c4ccccc4)cc3)c3ccc4c(c3)oc3c(-c5ccc6c(c5)C5(c7ccccc7-c7ccccc75)c5ccccc5-6)c5ccccc5cc34)cc21. The van der Waals surface area contributed by atoms with Crippen LogP contribution in [-0.4, -0.2) is 0 Å². The van der Waals surface area contributed by atoms with Gasteiger partial charge in [-0.15, -0.1) is 0 Å². The number of anilines is 3. The number of fused-ring (bicyclic) bond motifs is 17. The molecule has 0 aliphatic heterocycles. The zero-order valence-corrected chi connectivity index (χ0v) is 38.9. The van der Waals surface area contributed by atoms with E-state index in [9.17, 15) is 0 Å². The second-order valence-electron chi connectivity index (χ2n) is 19.9. The van der Waals surface area contributed by atoms with Gasteiger partial charge in [0.1, 0.15) is 11.2 Å². The molecule has 1 spiro atoms. The summed E-state index contributed by atoms with van der Waals surface area (Å²) < 4.78 is 7.32. The maximum absolute atomic E-state index is 7.32. The molecule has 11 aromatic carbocycles. The summed E-state index contributed by atoms with van der Waals surface area (Å²) in [5.41, 5.74) is 24.9. The lowest BCUT2D eigenvalue weighted by Crippen LogP contribution is -2.25. The molecule has 0 bridgehead atoms. The van der Waals surface area contributed by atoms with Gasteiger partial charge in [-0.3, -0.25) is 0 Å². The van der Waals surface area contributed by atoms with Crippen LogP contribution in [0.15, 0.2) is 241 Å². The van der Waals surface area contributed by atoms with Crippen molar-refractivity contribution in [3.8, 4) is 55.6 Å². The molecule has 12 aromatic rings. The molecule has 2 heteroatoms. The van der Waals surface area contributed by atoms with Gasteiger partial charge in [-0.2, -0.15) is 0 Å². The summed E-state index contributed by atoms with van der Waals surface area (Å²) in [6, 6.07) is 87.8. The number of hydrogen-bond donors (Lipinski definition) is 0. The number of nitrogens with zero attached hydrogens (tertiary/aromatic N) is 1. The van der Waals surface area contributed by atoms with Crippen LogP contribution in [0.2, 0.25) is 0 Å². The van der Waals surface area contributed by atoms with Crippen LogP contribution < -0.4 is 4.90 Å². The summed E-state index contributed by atoms with van der Waals surface area (Å²) in [4.78, 5) is 2.40. The standard InChI is InChI=1S/C68H45NO/c1-67(2)58-24-12-8-20-50(58)54-36-33-47(40-62(54)67)69(46-31-28-43(29-32-46)42-16-4-3-5-17-42)48-34-37-56-57-38-44-18-6-7-19-49(44)65(66(57)70-64(56)41-48)45-30-35-55-53-23-11-15-27-61(53)68(63(55)39-45)59-25-13-9-21-51(59)52-22-10-14-26-60(52)68/h3-41H,1-2H3. The Hall–Kier alpha value is -8.72. The molecular formula is C68H45NO. The average molecular weight is 892 g/mol. The van der Waals surface area contributed by atoms with E-state index < -0.39 is 5.41 Å². The Morgan fingerprint density at radius 2 is 0.829 bits per heavy atom. The van der Waals surface area contributed by atoms with Crippen LogP contribution in [0.3, 0.4) is 0 Å². The highest BCUT2D eigenvalue weighted by Crippen LogP contribution is 2.63. The second kappa shape index (κ2) is 14.4. The summed E-state index contributed by atoms with van der Waals surface area (Å²) in [5.74, 6) is 0. The van der Waals surface area contributed by atoms with E-state index in [0.717, 1.165) is 50.1 Å². The molecule has 0 unspecified atom stereocenters. The van der Waals surface area contributed by atoms with Crippen molar-refractivity contribution >= 4 is 49.8 Å². The topological polar surface area (TPSA) is 16.4 Å². The van der Waals surface area contributed by atoms with Gasteiger partial charge >= 0.3 is 0 Å². The molecule has 0 N–H and O–H groups in total. The van der Waals surface area contributed by atoms with Crippen LogP contribution in [0.4, 0.5) is 17.1 Å². The Balaban J connectivity index is 0.933. The van der Waals surface area contributed by atoms with E-state index in [0.29, 0.717) is 0 Å². The largest absolute Gasteiger partial charge is 0.455 e. The molecule has 0 amide bonds. The van der Waals surface area contributed by atoms with Crippen molar-refractivity contribution < 1.29 is 4.42 Å². The molecule has 0 saturated carbocycles. The van der Waals surface area contributed by atoms with Gasteiger partial charge in [0.15, 0.2) is 0 Å². The van der Waals surface area contributed by atoms with Gasteiger partial charge in [0.05, 0.1) is 5.41 Å². The maximum Gasteiger partial charge on any atom is 0.143 e. The molecule has 70 heavy (non-hydrogen) atoms. The summed E-state index contributed by atoms with van der Waals surface area (Å²) in [6.45, 7) is 4.71. The van der Waals surface area contributed by atoms with Crippen molar-refractivity contribution in [2.45, 2.75) is 24.7 Å².